The molecule has 1 aromatic rings. The summed E-state index contributed by atoms with van der Waals surface area (Å²) in [5, 5.41) is 3.72. The Balaban J connectivity index is 1.84. The molecule has 0 aliphatic heterocycles. The molecule has 0 amide bonds. The third kappa shape index (κ3) is 3.31. The lowest BCUT2D eigenvalue weighted by Gasteiger charge is -2.33. The molecule has 0 aromatic carbocycles. The van der Waals surface area contributed by atoms with Gasteiger partial charge in [0.1, 0.15) is 0 Å². The second-order valence-electron chi connectivity index (χ2n) is 5.09. The Hall–Kier alpha value is 0.140. The Morgan fingerprint density at radius 1 is 1.38 bits per heavy atom. The predicted molar refractivity (Wildman–Crippen MR) is 74.8 cm³/mol. The van der Waals surface area contributed by atoms with E-state index in [2.05, 4.69) is 47.2 Å². The molecule has 1 N–H and O–H groups in total. The average molecular weight is 302 g/mol. The molecular weight excluding hydrogens is 282 g/mol. The average Bonchev–Trinajstić information content (AvgIpc) is 2.66. The minimum absolute atomic E-state index is 0.713. The second kappa shape index (κ2) is 5.65. The van der Waals surface area contributed by atoms with Crippen LogP contribution in [0.1, 0.15) is 38.0 Å². The number of nitrogens with one attached hydrogen (secondary N) is 1. The van der Waals surface area contributed by atoms with Gasteiger partial charge < -0.3 is 5.32 Å². The van der Waals surface area contributed by atoms with E-state index in [4.69, 9.17) is 0 Å². The smallest absolute Gasteiger partial charge is 0.0701 e. The summed E-state index contributed by atoms with van der Waals surface area (Å²) in [4.78, 5) is 1.43. The van der Waals surface area contributed by atoms with Crippen molar-refractivity contribution in [1.82, 2.24) is 5.32 Å². The minimum atomic E-state index is 0.713. The second-order valence-corrected chi connectivity index (χ2v) is 7.64. The first kappa shape index (κ1) is 12.6. The van der Waals surface area contributed by atoms with Crippen LogP contribution in [0.15, 0.2) is 15.9 Å². The fourth-order valence-corrected chi connectivity index (χ4v) is 3.93. The van der Waals surface area contributed by atoms with E-state index >= 15 is 0 Å². The van der Waals surface area contributed by atoms with Crippen LogP contribution >= 0.6 is 27.3 Å². The largest absolute Gasteiger partial charge is 0.309 e. The summed E-state index contributed by atoms with van der Waals surface area (Å²) < 4.78 is 1.23. The van der Waals surface area contributed by atoms with Crippen molar-refractivity contribution in [2.75, 3.05) is 0 Å². The SMILES string of the molecule is CC1CCC(C)C(NCc2ccc(Br)s2)C1. The van der Waals surface area contributed by atoms with Gasteiger partial charge in [-0.1, -0.05) is 20.3 Å². The van der Waals surface area contributed by atoms with E-state index in [1.165, 1.54) is 27.9 Å². The molecule has 1 saturated carbocycles. The molecule has 1 fully saturated rings. The van der Waals surface area contributed by atoms with E-state index in [0.717, 1.165) is 18.4 Å². The van der Waals surface area contributed by atoms with Crippen molar-refractivity contribution in [1.29, 1.82) is 0 Å². The fraction of sp³-hybridized carbons (Fsp3) is 0.692. The molecule has 0 radical (unpaired) electrons. The summed E-state index contributed by atoms with van der Waals surface area (Å²) in [6.45, 7) is 5.79. The number of rotatable bonds is 3. The van der Waals surface area contributed by atoms with E-state index in [9.17, 15) is 0 Å². The van der Waals surface area contributed by atoms with Gasteiger partial charge in [-0.05, 0) is 52.7 Å². The molecule has 1 nitrogen and oxygen atoms in total. The quantitative estimate of drug-likeness (QED) is 0.871. The van der Waals surface area contributed by atoms with Gasteiger partial charge in [0.2, 0.25) is 0 Å². The van der Waals surface area contributed by atoms with Gasteiger partial charge in [0, 0.05) is 17.5 Å². The Morgan fingerprint density at radius 3 is 2.88 bits per heavy atom. The first-order valence-corrected chi connectivity index (χ1v) is 7.73. The highest BCUT2D eigenvalue weighted by Crippen LogP contribution is 2.29. The molecule has 1 aromatic heterocycles. The molecule has 3 heteroatoms. The maximum absolute atomic E-state index is 3.72. The molecule has 0 saturated heterocycles. The number of thiophene rings is 1. The van der Waals surface area contributed by atoms with E-state index < -0.39 is 0 Å². The third-order valence-electron chi connectivity index (χ3n) is 3.63. The highest BCUT2D eigenvalue weighted by atomic mass is 79.9. The van der Waals surface area contributed by atoms with Crippen molar-refractivity contribution < 1.29 is 0 Å². The Morgan fingerprint density at radius 2 is 2.19 bits per heavy atom. The van der Waals surface area contributed by atoms with E-state index in [1.807, 2.05) is 11.3 Å². The van der Waals surface area contributed by atoms with Crippen LogP contribution in [0.25, 0.3) is 0 Å². The summed E-state index contributed by atoms with van der Waals surface area (Å²) in [6.07, 6.45) is 4.13. The molecule has 0 spiro atoms. The number of hydrogen-bond donors (Lipinski definition) is 1. The van der Waals surface area contributed by atoms with Gasteiger partial charge in [-0.3, -0.25) is 0 Å². The van der Waals surface area contributed by atoms with Crippen molar-refractivity contribution in [3.63, 3.8) is 0 Å². The van der Waals surface area contributed by atoms with E-state index in [-0.39, 0.29) is 0 Å². The van der Waals surface area contributed by atoms with E-state index in [1.54, 1.807) is 0 Å². The Kier molecular flexibility index (Phi) is 4.45. The highest BCUT2D eigenvalue weighted by Gasteiger charge is 2.24. The van der Waals surface area contributed by atoms with Crippen LogP contribution in [-0.4, -0.2) is 6.04 Å². The molecule has 1 heterocycles. The van der Waals surface area contributed by atoms with Crippen molar-refractivity contribution in [2.45, 2.75) is 45.7 Å². The molecule has 1 aliphatic rings. The fourth-order valence-electron chi connectivity index (χ4n) is 2.50. The maximum atomic E-state index is 3.72. The first-order valence-electron chi connectivity index (χ1n) is 6.12. The summed E-state index contributed by atoms with van der Waals surface area (Å²) in [7, 11) is 0. The Bertz CT molecular complexity index is 336. The maximum Gasteiger partial charge on any atom is 0.0701 e. The molecule has 16 heavy (non-hydrogen) atoms. The zero-order valence-corrected chi connectivity index (χ0v) is 12.4. The molecular formula is C13H20BrNS. The van der Waals surface area contributed by atoms with Crippen molar-refractivity contribution in [3.8, 4) is 0 Å². The van der Waals surface area contributed by atoms with Crippen molar-refractivity contribution in [3.05, 3.63) is 20.8 Å². The lowest BCUT2D eigenvalue weighted by molar-refractivity contribution is 0.228. The zero-order valence-electron chi connectivity index (χ0n) is 10.0. The monoisotopic (exact) mass is 301 g/mol. The topological polar surface area (TPSA) is 12.0 Å². The lowest BCUT2D eigenvalue weighted by atomic mass is 9.80. The van der Waals surface area contributed by atoms with Crippen LogP contribution in [0.2, 0.25) is 0 Å². The van der Waals surface area contributed by atoms with Gasteiger partial charge in [0.25, 0.3) is 0 Å². The third-order valence-corrected chi connectivity index (χ3v) is 5.25. The van der Waals surface area contributed by atoms with Gasteiger partial charge in [-0.25, -0.2) is 0 Å². The molecule has 2 rings (SSSR count). The van der Waals surface area contributed by atoms with Gasteiger partial charge in [0.05, 0.1) is 3.79 Å². The predicted octanol–water partition coefficient (Wildman–Crippen LogP) is 4.42. The molecule has 0 bridgehead atoms. The van der Waals surface area contributed by atoms with E-state index in [0.29, 0.717) is 6.04 Å². The minimum Gasteiger partial charge on any atom is -0.309 e. The van der Waals surface area contributed by atoms with Crippen LogP contribution < -0.4 is 5.32 Å². The molecule has 1 aliphatic carbocycles. The summed E-state index contributed by atoms with van der Waals surface area (Å²) in [6, 6.07) is 5.05. The van der Waals surface area contributed by atoms with Gasteiger partial charge in [-0.2, -0.15) is 0 Å². The normalized spacial score (nSPS) is 30.6. The number of hydrogen-bond acceptors (Lipinski definition) is 2. The number of halogens is 1. The van der Waals surface area contributed by atoms with Crippen LogP contribution in [0.3, 0.4) is 0 Å². The Labute approximate surface area is 111 Å². The van der Waals surface area contributed by atoms with Crippen LogP contribution in [0.5, 0.6) is 0 Å². The molecule has 3 unspecified atom stereocenters. The standard InChI is InChI=1S/C13H20BrNS/c1-9-3-4-10(2)12(7-9)15-8-11-5-6-13(14)16-11/h5-6,9-10,12,15H,3-4,7-8H2,1-2H3. The molecule has 3 atom stereocenters. The summed E-state index contributed by atoms with van der Waals surface area (Å²) >= 11 is 5.34. The van der Waals surface area contributed by atoms with Crippen LogP contribution in [0.4, 0.5) is 0 Å². The zero-order chi connectivity index (χ0) is 11.5. The summed E-state index contributed by atoms with van der Waals surface area (Å²) in [5.74, 6) is 1.73. The lowest BCUT2D eigenvalue weighted by Crippen LogP contribution is -2.38. The van der Waals surface area contributed by atoms with Gasteiger partial charge in [0.15, 0.2) is 0 Å². The first-order chi connectivity index (χ1) is 7.65. The highest BCUT2D eigenvalue weighted by molar-refractivity contribution is 9.11. The van der Waals surface area contributed by atoms with Crippen molar-refractivity contribution in [2.24, 2.45) is 11.8 Å². The van der Waals surface area contributed by atoms with Crippen molar-refractivity contribution >= 4 is 27.3 Å². The van der Waals surface area contributed by atoms with Crippen LogP contribution in [-0.2, 0) is 6.54 Å². The van der Waals surface area contributed by atoms with Gasteiger partial charge in [-0.15, -0.1) is 11.3 Å². The van der Waals surface area contributed by atoms with Crippen LogP contribution in [0, 0.1) is 11.8 Å². The van der Waals surface area contributed by atoms with Gasteiger partial charge >= 0.3 is 0 Å². The summed E-state index contributed by atoms with van der Waals surface area (Å²) in [5.41, 5.74) is 0. The molecule has 90 valence electrons.